The van der Waals surface area contributed by atoms with Crippen molar-refractivity contribution in [3.05, 3.63) is 94.3 Å². The lowest BCUT2D eigenvalue weighted by Gasteiger charge is -2.21. The quantitative estimate of drug-likeness (QED) is 0.195. The topological polar surface area (TPSA) is 124 Å². The van der Waals surface area contributed by atoms with Crippen LogP contribution < -0.4 is 21.9 Å². The highest BCUT2D eigenvalue weighted by atomic mass is 16.5. The zero-order chi connectivity index (χ0) is 26.2. The highest BCUT2D eigenvalue weighted by Crippen LogP contribution is 2.23. The molecular formula is C28H28N6O3. The monoisotopic (exact) mass is 496 g/mol. The molecule has 37 heavy (non-hydrogen) atoms. The van der Waals surface area contributed by atoms with E-state index >= 15 is 0 Å². The lowest BCUT2D eigenvalue weighted by molar-refractivity contribution is -0.118. The van der Waals surface area contributed by atoms with E-state index in [4.69, 9.17) is 10.5 Å². The van der Waals surface area contributed by atoms with Crippen molar-refractivity contribution in [2.45, 2.75) is 26.5 Å². The third kappa shape index (κ3) is 6.19. The summed E-state index contributed by atoms with van der Waals surface area (Å²) in [6.07, 6.45) is 3.10. The number of pyridine rings is 1. The number of nitrogens with zero attached hydrogens (tertiary/aromatic N) is 3. The van der Waals surface area contributed by atoms with E-state index in [1.54, 1.807) is 10.8 Å². The van der Waals surface area contributed by atoms with Gasteiger partial charge in [0.25, 0.3) is 5.56 Å². The van der Waals surface area contributed by atoms with E-state index in [-0.39, 0.29) is 37.4 Å². The molecule has 0 fully saturated rings. The molecule has 0 saturated carbocycles. The highest BCUT2D eigenvalue weighted by Gasteiger charge is 2.17. The van der Waals surface area contributed by atoms with E-state index in [0.29, 0.717) is 22.5 Å². The molecule has 9 nitrogen and oxygen atoms in total. The molecule has 4 N–H and O–H groups in total. The van der Waals surface area contributed by atoms with Crippen LogP contribution >= 0.6 is 0 Å². The second kappa shape index (κ2) is 11.9. The largest absolute Gasteiger partial charge is 0.382 e. The molecule has 1 atom stereocenters. The van der Waals surface area contributed by atoms with Gasteiger partial charge >= 0.3 is 0 Å². The number of nitrogens with one attached hydrogen (secondary N) is 2. The first-order valence-electron chi connectivity index (χ1n) is 11.8. The molecule has 1 unspecified atom stereocenters. The Morgan fingerprint density at radius 1 is 1.14 bits per heavy atom. The molecule has 0 spiro atoms. The summed E-state index contributed by atoms with van der Waals surface area (Å²) in [6, 6.07) is 16.8. The molecule has 2 aromatic carbocycles. The summed E-state index contributed by atoms with van der Waals surface area (Å²) in [6.45, 7) is 4.04. The second-order valence-electron chi connectivity index (χ2n) is 8.33. The fourth-order valence-electron chi connectivity index (χ4n) is 3.88. The van der Waals surface area contributed by atoms with Gasteiger partial charge < -0.3 is 15.8 Å². The molecule has 4 aromatic rings. The minimum atomic E-state index is -0.231. The van der Waals surface area contributed by atoms with Crippen LogP contribution in [-0.4, -0.2) is 33.7 Å². The number of fused-ring (bicyclic) bond motifs is 1. The van der Waals surface area contributed by atoms with Crippen LogP contribution in [0.1, 0.15) is 36.8 Å². The number of hydrogen-bond acceptors (Lipinski definition) is 7. The number of rotatable bonds is 8. The Labute approximate surface area is 214 Å². The highest BCUT2D eigenvalue weighted by molar-refractivity contribution is 5.88. The summed E-state index contributed by atoms with van der Waals surface area (Å²) < 4.78 is 7.41. The van der Waals surface area contributed by atoms with E-state index in [2.05, 4.69) is 32.4 Å². The Hall–Kier alpha value is -4.52. The van der Waals surface area contributed by atoms with E-state index in [1.165, 1.54) is 13.1 Å². The summed E-state index contributed by atoms with van der Waals surface area (Å²) in [5.74, 6) is 6.14. The molecule has 0 bridgehead atoms. The van der Waals surface area contributed by atoms with Crippen LogP contribution in [-0.2, 0) is 16.1 Å². The van der Waals surface area contributed by atoms with Crippen molar-refractivity contribution in [3.8, 4) is 17.5 Å². The molecular weight excluding hydrogens is 468 g/mol. The summed E-state index contributed by atoms with van der Waals surface area (Å²) in [4.78, 5) is 33.2. The zero-order valence-electron chi connectivity index (χ0n) is 20.7. The molecule has 0 aliphatic carbocycles. The molecule has 2 aromatic heterocycles. The number of nitrogen functional groups attached to an aromatic ring is 1. The number of carbonyl (C=O) groups is 1. The Balaban J connectivity index is 1.66. The lowest BCUT2D eigenvalue weighted by Crippen LogP contribution is -2.30. The summed E-state index contributed by atoms with van der Waals surface area (Å²) in [5.41, 5.74) is 8.34. The molecule has 188 valence electrons. The van der Waals surface area contributed by atoms with Crippen LogP contribution in [0.5, 0.6) is 0 Å². The van der Waals surface area contributed by atoms with Crippen LogP contribution in [0.2, 0.25) is 0 Å². The third-order valence-corrected chi connectivity index (χ3v) is 5.72. The van der Waals surface area contributed by atoms with Gasteiger partial charge in [-0.25, -0.2) is 4.98 Å². The number of benzene rings is 2. The first-order chi connectivity index (χ1) is 18.0. The lowest BCUT2D eigenvalue weighted by atomic mass is 10.0. The SMILES string of the molecule is CC(=O)NCC#Cc1cccc2cc(C(C)NCOCc3nccnc3N)n(-c3ccccc3)c(=O)c12. The first kappa shape index (κ1) is 25.6. The Bertz CT molecular complexity index is 1520. The van der Waals surface area contributed by atoms with Crippen LogP contribution in [0.15, 0.2) is 71.8 Å². The van der Waals surface area contributed by atoms with Gasteiger partial charge in [0.2, 0.25) is 5.91 Å². The number of nitrogens with two attached hydrogens (primary N) is 1. The van der Waals surface area contributed by atoms with E-state index in [9.17, 15) is 9.59 Å². The van der Waals surface area contributed by atoms with Crippen molar-refractivity contribution in [2.75, 3.05) is 19.0 Å². The van der Waals surface area contributed by atoms with Gasteiger partial charge in [-0.2, -0.15) is 0 Å². The predicted octanol–water partition coefficient (Wildman–Crippen LogP) is 2.68. The van der Waals surface area contributed by atoms with Crippen molar-refractivity contribution in [1.82, 2.24) is 25.2 Å². The Morgan fingerprint density at radius 2 is 1.92 bits per heavy atom. The van der Waals surface area contributed by atoms with Crippen molar-refractivity contribution >= 4 is 22.5 Å². The Kier molecular flexibility index (Phi) is 8.26. The van der Waals surface area contributed by atoms with Gasteiger partial charge in [0.15, 0.2) is 0 Å². The number of para-hydroxylation sites is 1. The van der Waals surface area contributed by atoms with Gasteiger partial charge in [0.05, 0.1) is 25.3 Å². The van der Waals surface area contributed by atoms with Crippen molar-refractivity contribution in [1.29, 1.82) is 0 Å². The third-order valence-electron chi connectivity index (χ3n) is 5.72. The minimum Gasteiger partial charge on any atom is -0.382 e. The molecule has 0 saturated heterocycles. The van der Waals surface area contributed by atoms with Crippen LogP contribution in [0.25, 0.3) is 16.5 Å². The fourth-order valence-corrected chi connectivity index (χ4v) is 3.88. The maximum atomic E-state index is 13.9. The van der Waals surface area contributed by atoms with Gasteiger partial charge in [-0.05, 0) is 36.6 Å². The Morgan fingerprint density at radius 3 is 2.68 bits per heavy atom. The summed E-state index contributed by atoms with van der Waals surface area (Å²) in [7, 11) is 0. The molecule has 4 rings (SSSR count). The fraction of sp³-hybridized carbons (Fsp3) is 0.214. The standard InChI is InChI=1S/C28H28N6O3/c1-19(33-18-37-17-24-27(29)32-15-14-31-24)25-16-22-9-6-8-21(10-7-13-30-20(2)35)26(22)28(36)34(25)23-11-4-3-5-12-23/h3-6,8-9,11-12,14-16,19,33H,13,17-18H2,1-2H3,(H2,29,32)(H,30,35). The minimum absolute atomic E-state index is 0.158. The molecule has 1 amide bonds. The molecule has 0 radical (unpaired) electrons. The zero-order valence-corrected chi connectivity index (χ0v) is 20.7. The van der Waals surface area contributed by atoms with Crippen molar-refractivity contribution in [3.63, 3.8) is 0 Å². The second-order valence-corrected chi connectivity index (χ2v) is 8.33. The van der Waals surface area contributed by atoms with Crippen LogP contribution in [0.4, 0.5) is 5.82 Å². The smallest absolute Gasteiger partial charge is 0.264 e. The maximum Gasteiger partial charge on any atom is 0.264 e. The van der Waals surface area contributed by atoms with Gasteiger partial charge in [0.1, 0.15) is 11.5 Å². The van der Waals surface area contributed by atoms with Crippen LogP contribution in [0.3, 0.4) is 0 Å². The van der Waals surface area contributed by atoms with Crippen molar-refractivity contribution in [2.24, 2.45) is 0 Å². The first-order valence-corrected chi connectivity index (χ1v) is 11.8. The van der Waals surface area contributed by atoms with Crippen molar-refractivity contribution < 1.29 is 9.53 Å². The number of amides is 1. The van der Waals surface area contributed by atoms with E-state index in [1.807, 2.05) is 61.5 Å². The molecule has 0 aliphatic rings. The predicted molar refractivity (Wildman–Crippen MR) is 143 cm³/mol. The molecule has 2 heterocycles. The van der Waals surface area contributed by atoms with Gasteiger partial charge in [-0.1, -0.05) is 42.2 Å². The van der Waals surface area contributed by atoms with Crippen LogP contribution in [0, 0.1) is 11.8 Å². The summed E-state index contributed by atoms with van der Waals surface area (Å²) in [5, 5.41) is 7.26. The molecule has 0 aliphatic heterocycles. The summed E-state index contributed by atoms with van der Waals surface area (Å²) >= 11 is 0. The molecule has 9 heteroatoms. The van der Waals surface area contributed by atoms with E-state index < -0.39 is 0 Å². The van der Waals surface area contributed by atoms with Gasteiger partial charge in [0, 0.05) is 42.3 Å². The van der Waals surface area contributed by atoms with E-state index in [0.717, 1.165) is 16.8 Å². The number of ether oxygens (including phenoxy) is 1. The van der Waals surface area contributed by atoms with Gasteiger partial charge in [-0.15, -0.1) is 0 Å². The number of hydrogen-bond donors (Lipinski definition) is 3. The average molecular weight is 497 g/mol. The number of anilines is 1. The average Bonchev–Trinajstić information content (AvgIpc) is 2.90. The normalized spacial score (nSPS) is 11.5. The van der Waals surface area contributed by atoms with Gasteiger partial charge in [-0.3, -0.25) is 24.5 Å². The maximum absolute atomic E-state index is 13.9. The number of carbonyl (C=O) groups excluding carboxylic acids is 1. The number of aromatic nitrogens is 3.